The minimum Gasteiger partial charge on any atom is -0.122 e. The first kappa shape index (κ1) is 18.2. The molecule has 2 rings (SSSR count). The second kappa shape index (κ2) is 9.21. The molecular formula is C16H14Cl2I2S. The molecule has 112 valence electrons. The van der Waals surface area contributed by atoms with Crippen LogP contribution in [-0.2, 0) is 12.8 Å². The van der Waals surface area contributed by atoms with Crippen LogP contribution in [0.5, 0.6) is 0 Å². The van der Waals surface area contributed by atoms with Gasteiger partial charge in [0.2, 0.25) is 0 Å². The van der Waals surface area contributed by atoms with E-state index in [1.807, 2.05) is 0 Å². The Hall–Kier alpha value is 0.830. The van der Waals surface area contributed by atoms with E-state index in [2.05, 4.69) is 93.7 Å². The Morgan fingerprint density at radius 1 is 0.714 bits per heavy atom. The van der Waals surface area contributed by atoms with Crippen molar-refractivity contribution in [2.45, 2.75) is 22.3 Å². The van der Waals surface area contributed by atoms with Crippen molar-refractivity contribution >= 4 is 80.1 Å². The molecule has 0 N–H and O–H groups in total. The van der Waals surface area contributed by atoms with Crippen molar-refractivity contribution in [3.63, 3.8) is 0 Å². The molecule has 0 radical (unpaired) electrons. The molecular weight excluding hydrogens is 549 g/mol. The Balaban J connectivity index is 1.82. The van der Waals surface area contributed by atoms with Crippen LogP contribution in [0, 0.1) is 7.14 Å². The molecule has 0 amide bonds. The number of thioether (sulfide) groups is 1. The van der Waals surface area contributed by atoms with Crippen molar-refractivity contribution in [1.29, 1.82) is 0 Å². The average Bonchev–Trinajstić information content (AvgIpc) is 2.44. The maximum absolute atomic E-state index is 6.42. The first-order valence-electron chi connectivity index (χ1n) is 6.45. The van der Waals surface area contributed by atoms with E-state index in [9.17, 15) is 0 Å². The van der Waals surface area contributed by atoms with Crippen LogP contribution in [0.4, 0.5) is 0 Å². The summed E-state index contributed by atoms with van der Waals surface area (Å²) in [7, 11) is 0. The molecule has 0 saturated heterocycles. The molecule has 0 heterocycles. The SMILES string of the molecule is ClC(Cc1ccc(I)cc1)SC(Cl)Cc1ccc(I)cc1. The van der Waals surface area contributed by atoms with Gasteiger partial charge in [0.05, 0.1) is 9.42 Å². The number of benzene rings is 2. The molecule has 0 aromatic heterocycles. The highest BCUT2D eigenvalue weighted by atomic mass is 127. The maximum Gasteiger partial charge on any atom is 0.0843 e. The largest absolute Gasteiger partial charge is 0.122 e. The highest BCUT2D eigenvalue weighted by molar-refractivity contribution is 14.1. The van der Waals surface area contributed by atoms with E-state index in [0.717, 1.165) is 12.8 Å². The highest BCUT2D eigenvalue weighted by Gasteiger charge is 2.14. The van der Waals surface area contributed by atoms with Crippen molar-refractivity contribution < 1.29 is 0 Å². The van der Waals surface area contributed by atoms with Crippen LogP contribution in [-0.4, -0.2) is 9.42 Å². The summed E-state index contributed by atoms with van der Waals surface area (Å²) in [4.78, 5) is 0. The zero-order valence-corrected chi connectivity index (χ0v) is 17.8. The fraction of sp³-hybridized carbons (Fsp3) is 0.250. The lowest BCUT2D eigenvalue weighted by Crippen LogP contribution is -2.06. The van der Waals surface area contributed by atoms with Gasteiger partial charge in [-0.2, -0.15) is 0 Å². The number of halogens is 4. The van der Waals surface area contributed by atoms with Gasteiger partial charge in [0.25, 0.3) is 0 Å². The Bertz CT molecular complexity index is 506. The van der Waals surface area contributed by atoms with Gasteiger partial charge < -0.3 is 0 Å². The van der Waals surface area contributed by atoms with Gasteiger partial charge in [-0.25, -0.2) is 0 Å². The topological polar surface area (TPSA) is 0 Å². The van der Waals surface area contributed by atoms with Crippen molar-refractivity contribution in [3.05, 3.63) is 66.8 Å². The predicted octanol–water partition coefficient (Wildman–Crippen LogP) is 6.54. The van der Waals surface area contributed by atoms with Crippen LogP contribution in [0.3, 0.4) is 0 Å². The summed E-state index contributed by atoms with van der Waals surface area (Å²) in [6.45, 7) is 0. The zero-order valence-electron chi connectivity index (χ0n) is 11.1. The summed E-state index contributed by atoms with van der Waals surface area (Å²) >= 11 is 19.1. The highest BCUT2D eigenvalue weighted by Crippen LogP contribution is 2.29. The third kappa shape index (κ3) is 6.85. The summed E-state index contributed by atoms with van der Waals surface area (Å²) in [5.74, 6) is 0. The molecule has 2 atom stereocenters. The van der Waals surface area contributed by atoms with Crippen molar-refractivity contribution in [3.8, 4) is 0 Å². The maximum atomic E-state index is 6.42. The summed E-state index contributed by atoms with van der Waals surface area (Å²) in [6, 6.07) is 16.9. The minimum absolute atomic E-state index is 0.00332. The van der Waals surface area contributed by atoms with Gasteiger partial charge in [-0.05, 0) is 93.4 Å². The first-order valence-corrected chi connectivity index (χ1v) is 10.4. The smallest absolute Gasteiger partial charge is 0.0843 e. The van der Waals surface area contributed by atoms with Gasteiger partial charge in [-0.3, -0.25) is 0 Å². The number of rotatable bonds is 6. The molecule has 0 bridgehead atoms. The molecule has 0 spiro atoms. The first-order chi connectivity index (χ1) is 10.0. The predicted molar refractivity (Wildman–Crippen MR) is 113 cm³/mol. The zero-order chi connectivity index (χ0) is 15.2. The molecule has 0 aliphatic carbocycles. The molecule has 2 unspecified atom stereocenters. The van der Waals surface area contributed by atoms with Gasteiger partial charge in [0.15, 0.2) is 0 Å². The molecule has 2 aromatic rings. The standard InChI is InChI=1S/C16H14Cl2I2S/c17-15(9-11-1-5-13(19)6-2-11)21-16(18)10-12-3-7-14(20)8-4-12/h1-8,15-16H,9-10H2. The molecule has 0 saturated carbocycles. The van der Waals surface area contributed by atoms with E-state index >= 15 is 0 Å². The van der Waals surface area contributed by atoms with Crippen molar-refractivity contribution in [1.82, 2.24) is 0 Å². The minimum atomic E-state index is -0.00332. The van der Waals surface area contributed by atoms with E-state index < -0.39 is 0 Å². The van der Waals surface area contributed by atoms with Crippen LogP contribution < -0.4 is 0 Å². The van der Waals surface area contributed by atoms with Crippen molar-refractivity contribution in [2.75, 3.05) is 0 Å². The third-order valence-electron chi connectivity index (χ3n) is 2.91. The van der Waals surface area contributed by atoms with Gasteiger partial charge in [-0.1, -0.05) is 24.3 Å². The lowest BCUT2D eigenvalue weighted by molar-refractivity contribution is 1.06. The van der Waals surface area contributed by atoms with E-state index in [1.165, 1.54) is 18.3 Å². The van der Waals surface area contributed by atoms with Gasteiger partial charge in [0, 0.05) is 7.14 Å². The van der Waals surface area contributed by atoms with Gasteiger partial charge in [0.1, 0.15) is 0 Å². The fourth-order valence-corrected chi connectivity index (χ4v) is 4.74. The number of hydrogen-bond donors (Lipinski definition) is 0. The molecule has 0 nitrogen and oxygen atoms in total. The van der Waals surface area contributed by atoms with E-state index in [4.69, 9.17) is 23.2 Å². The van der Waals surface area contributed by atoms with E-state index in [-0.39, 0.29) is 9.42 Å². The summed E-state index contributed by atoms with van der Waals surface area (Å²) < 4.78 is 2.47. The second-order valence-corrected chi connectivity index (χ2v) is 10.1. The third-order valence-corrected chi connectivity index (χ3v) is 6.20. The monoisotopic (exact) mass is 562 g/mol. The Morgan fingerprint density at radius 2 is 1.05 bits per heavy atom. The Morgan fingerprint density at radius 3 is 1.38 bits per heavy atom. The number of hydrogen-bond acceptors (Lipinski definition) is 1. The van der Waals surface area contributed by atoms with Crippen LogP contribution in [0.25, 0.3) is 0 Å². The molecule has 21 heavy (non-hydrogen) atoms. The van der Waals surface area contributed by atoms with Gasteiger partial charge >= 0.3 is 0 Å². The van der Waals surface area contributed by atoms with E-state index in [1.54, 1.807) is 11.8 Å². The van der Waals surface area contributed by atoms with E-state index in [0.29, 0.717) is 0 Å². The van der Waals surface area contributed by atoms with Gasteiger partial charge in [-0.15, -0.1) is 35.0 Å². The molecule has 0 aliphatic heterocycles. The van der Waals surface area contributed by atoms with Crippen LogP contribution in [0.1, 0.15) is 11.1 Å². The Kier molecular flexibility index (Phi) is 7.97. The number of alkyl halides is 2. The second-order valence-electron chi connectivity index (χ2n) is 4.62. The molecule has 0 aliphatic rings. The van der Waals surface area contributed by atoms with Crippen LogP contribution in [0.15, 0.2) is 48.5 Å². The fourth-order valence-electron chi connectivity index (χ4n) is 1.87. The average molecular weight is 563 g/mol. The van der Waals surface area contributed by atoms with Crippen molar-refractivity contribution in [2.24, 2.45) is 0 Å². The quantitative estimate of drug-likeness (QED) is 0.284. The summed E-state index contributed by atoms with van der Waals surface area (Å²) in [5.41, 5.74) is 2.50. The summed E-state index contributed by atoms with van der Waals surface area (Å²) in [5, 5.41) is 0. The van der Waals surface area contributed by atoms with Crippen LogP contribution in [0.2, 0.25) is 0 Å². The Labute approximate surface area is 167 Å². The molecule has 5 heteroatoms. The van der Waals surface area contributed by atoms with Crippen LogP contribution >= 0.6 is 80.1 Å². The normalized spacial score (nSPS) is 13.9. The lowest BCUT2D eigenvalue weighted by atomic mass is 10.2. The molecule has 2 aromatic carbocycles. The lowest BCUT2D eigenvalue weighted by Gasteiger charge is -2.14. The molecule has 0 fully saturated rings. The summed E-state index contributed by atoms with van der Waals surface area (Å²) in [6.07, 6.45) is 1.66.